The molecule has 0 aliphatic carbocycles. The molecule has 0 unspecified atom stereocenters. The van der Waals surface area contributed by atoms with Crippen LogP contribution in [0.2, 0.25) is 5.15 Å². The van der Waals surface area contributed by atoms with Crippen LogP contribution in [0.1, 0.15) is 42.6 Å². The number of halogens is 1. The van der Waals surface area contributed by atoms with Crippen LogP contribution in [0.3, 0.4) is 0 Å². The molecule has 0 saturated heterocycles. The molecule has 0 fully saturated rings. The lowest BCUT2D eigenvalue weighted by molar-refractivity contribution is -0.107. The van der Waals surface area contributed by atoms with Crippen LogP contribution in [-0.2, 0) is 16.0 Å². The average Bonchev–Trinajstić information content (AvgIpc) is 3.19. The summed E-state index contributed by atoms with van der Waals surface area (Å²) in [5.41, 5.74) is 15.3. The Morgan fingerprint density at radius 1 is 1.03 bits per heavy atom. The molecule has 4 N–H and O–H groups in total. The minimum Gasteiger partial charge on any atom is -0.372 e. The van der Waals surface area contributed by atoms with Crippen LogP contribution in [-0.4, -0.2) is 30.2 Å². The van der Waals surface area contributed by atoms with Crippen molar-refractivity contribution in [1.82, 2.24) is 9.97 Å². The van der Waals surface area contributed by atoms with Crippen LogP contribution in [0.5, 0.6) is 0 Å². The van der Waals surface area contributed by atoms with Crippen molar-refractivity contribution in [2.24, 2.45) is 11.5 Å². The second kappa shape index (κ2) is 18.0. The summed E-state index contributed by atoms with van der Waals surface area (Å²) in [7, 11) is 1.50. The van der Waals surface area contributed by atoms with Gasteiger partial charge in [0.2, 0.25) is 6.41 Å². The van der Waals surface area contributed by atoms with Crippen molar-refractivity contribution < 1.29 is 9.59 Å². The SMILES string of the molecule is C=O.CC.CCc1nc(C)c(-c2cnc(Cl)c(-c3cc(C)cc(C)c3)c2)s1.CN.NC=O. The van der Waals surface area contributed by atoms with Gasteiger partial charge >= 0.3 is 0 Å². The number of thiazole rings is 1. The lowest BCUT2D eigenvalue weighted by Gasteiger charge is -2.09. The Morgan fingerprint density at radius 2 is 1.53 bits per heavy atom. The lowest BCUT2D eigenvalue weighted by Crippen LogP contribution is -1.88. The molecule has 2 aromatic heterocycles. The van der Waals surface area contributed by atoms with E-state index in [2.05, 4.69) is 73.4 Å². The van der Waals surface area contributed by atoms with Gasteiger partial charge < -0.3 is 16.3 Å². The fourth-order valence-corrected chi connectivity index (χ4v) is 3.97. The molecule has 0 spiro atoms. The number of aryl methyl sites for hydroxylation is 4. The van der Waals surface area contributed by atoms with Gasteiger partial charge in [0.1, 0.15) is 11.9 Å². The number of hydrogen-bond donors (Lipinski definition) is 2. The van der Waals surface area contributed by atoms with Gasteiger partial charge in [-0.15, -0.1) is 11.3 Å². The number of hydrogen-bond acceptors (Lipinski definition) is 6. The Balaban J connectivity index is 0. The molecule has 3 aromatic rings. The van der Waals surface area contributed by atoms with E-state index in [9.17, 15) is 0 Å². The normalized spacial score (nSPS) is 8.78. The van der Waals surface area contributed by atoms with E-state index in [1.54, 1.807) is 11.3 Å². The number of carbonyl (C=O) groups excluding carboxylic acids is 2. The van der Waals surface area contributed by atoms with Gasteiger partial charge in [0.05, 0.1) is 15.6 Å². The molecule has 3 rings (SSSR count). The molecule has 8 heteroatoms. The maximum absolute atomic E-state index is 8.58. The number of primary amides is 1. The number of pyridine rings is 1. The highest BCUT2D eigenvalue weighted by Crippen LogP contribution is 2.35. The number of carbonyl (C=O) groups is 2. The summed E-state index contributed by atoms with van der Waals surface area (Å²) in [5.74, 6) is 0. The minimum atomic E-state index is 0.250. The van der Waals surface area contributed by atoms with Gasteiger partial charge in [0, 0.05) is 17.3 Å². The van der Waals surface area contributed by atoms with Crippen molar-refractivity contribution in [1.29, 1.82) is 0 Å². The van der Waals surface area contributed by atoms with E-state index in [4.69, 9.17) is 21.2 Å². The highest BCUT2D eigenvalue weighted by molar-refractivity contribution is 7.15. The van der Waals surface area contributed by atoms with E-state index in [0.29, 0.717) is 5.15 Å². The molecule has 0 atom stereocenters. The van der Waals surface area contributed by atoms with E-state index in [1.165, 1.54) is 23.1 Å². The van der Waals surface area contributed by atoms with Gasteiger partial charge in [-0.1, -0.05) is 61.7 Å². The maximum Gasteiger partial charge on any atom is 0.204 e. The van der Waals surface area contributed by atoms with Gasteiger partial charge in [-0.2, -0.15) is 0 Å². The summed E-state index contributed by atoms with van der Waals surface area (Å²) in [5, 5.41) is 1.69. The molecular weight excluding hydrogens is 444 g/mol. The zero-order valence-electron chi connectivity index (χ0n) is 20.0. The Kier molecular flexibility index (Phi) is 17.8. The summed E-state index contributed by atoms with van der Waals surface area (Å²) in [6.07, 6.45) is 3.05. The first-order valence-corrected chi connectivity index (χ1v) is 11.3. The van der Waals surface area contributed by atoms with Crippen molar-refractivity contribution in [2.75, 3.05) is 7.05 Å². The predicted molar refractivity (Wildman–Crippen MR) is 138 cm³/mol. The molecule has 6 nitrogen and oxygen atoms in total. The quantitative estimate of drug-likeness (QED) is 0.379. The third kappa shape index (κ3) is 9.68. The van der Waals surface area contributed by atoms with Crippen molar-refractivity contribution in [2.45, 2.75) is 48.0 Å². The molecular formula is C24H35ClN4O2S. The highest BCUT2D eigenvalue weighted by atomic mass is 35.5. The van der Waals surface area contributed by atoms with E-state index < -0.39 is 0 Å². The number of nitrogens with zero attached hydrogens (tertiary/aromatic N) is 2. The number of rotatable bonds is 3. The largest absolute Gasteiger partial charge is 0.372 e. The first-order valence-electron chi connectivity index (χ1n) is 10.1. The first-order chi connectivity index (χ1) is 15.4. The summed E-state index contributed by atoms with van der Waals surface area (Å²) >= 11 is 8.11. The summed E-state index contributed by atoms with van der Waals surface area (Å²) in [6, 6.07) is 8.59. The topological polar surface area (TPSA) is 112 Å². The maximum atomic E-state index is 8.58. The average molecular weight is 479 g/mol. The van der Waals surface area contributed by atoms with E-state index in [1.807, 2.05) is 26.8 Å². The Morgan fingerprint density at radius 3 is 1.97 bits per heavy atom. The third-order valence-electron chi connectivity index (χ3n) is 3.78. The lowest BCUT2D eigenvalue weighted by atomic mass is 10.0. The van der Waals surface area contributed by atoms with Gasteiger partial charge in [-0.3, -0.25) is 4.79 Å². The molecule has 176 valence electrons. The first kappa shape index (κ1) is 31.6. The van der Waals surface area contributed by atoms with Gasteiger partial charge in [-0.25, -0.2) is 9.97 Å². The van der Waals surface area contributed by atoms with Crippen LogP contribution in [0, 0.1) is 20.8 Å². The zero-order chi connectivity index (χ0) is 25.3. The summed E-state index contributed by atoms with van der Waals surface area (Å²) in [4.78, 5) is 26.8. The molecule has 0 aliphatic heterocycles. The highest BCUT2D eigenvalue weighted by Gasteiger charge is 2.13. The third-order valence-corrected chi connectivity index (χ3v) is 5.43. The van der Waals surface area contributed by atoms with Crippen molar-refractivity contribution in [3.05, 3.63) is 57.4 Å². The number of amides is 1. The molecule has 0 radical (unpaired) electrons. The van der Waals surface area contributed by atoms with Gasteiger partial charge in [0.15, 0.2) is 0 Å². The molecule has 0 saturated carbocycles. The second-order valence-electron chi connectivity index (χ2n) is 5.95. The van der Waals surface area contributed by atoms with Gasteiger partial charge in [0.25, 0.3) is 0 Å². The van der Waals surface area contributed by atoms with Crippen molar-refractivity contribution in [3.63, 3.8) is 0 Å². The fraction of sp³-hybridized carbons (Fsp3) is 0.333. The van der Waals surface area contributed by atoms with Crippen LogP contribution >= 0.6 is 22.9 Å². The van der Waals surface area contributed by atoms with Crippen LogP contribution in [0.15, 0.2) is 30.5 Å². The Bertz CT molecular complexity index is 925. The van der Waals surface area contributed by atoms with Crippen molar-refractivity contribution in [3.8, 4) is 21.6 Å². The fourth-order valence-electron chi connectivity index (χ4n) is 2.78. The van der Waals surface area contributed by atoms with Crippen LogP contribution < -0.4 is 11.5 Å². The smallest absolute Gasteiger partial charge is 0.204 e. The van der Waals surface area contributed by atoms with E-state index in [0.717, 1.165) is 33.8 Å². The van der Waals surface area contributed by atoms with Crippen molar-refractivity contribution >= 4 is 36.1 Å². The molecule has 1 aromatic carbocycles. The van der Waals surface area contributed by atoms with Crippen LogP contribution in [0.25, 0.3) is 21.6 Å². The standard InChI is InChI=1S/C19H19ClN2S.C2H6.CH3NO.CH5N.CH2O/c1-5-17-22-13(4)18(23-17)15-9-16(19(20)21-10-15)14-7-11(2)6-12(3)8-14;1-2;2-1-3;2*1-2/h6-10H,5H2,1-4H3;1-2H3;1H,(H2,2,3);2H2,1H3;1H2. The molecule has 0 bridgehead atoms. The minimum absolute atomic E-state index is 0.250. The van der Waals surface area contributed by atoms with E-state index in [-0.39, 0.29) is 6.41 Å². The Hall–Kier alpha value is -2.61. The molecule has 2 heterocycles. The van der Waals surface area contributed by atoms with Crippen LogP contribution in [0.4, 0.5) is 0 Å². The number of nitrogens with two attached hydrogens (primary N) is 2. The van der Waals surface area contributed by atoms with Gasteiger partial charge in [-0.05, 0) is 45.9 Å². The monoisotopic (exact) mass is 478 g/mol. The zero-order valence-corrected chi connectivity index (χ0v) is 21.6. The summed E-state index contributed by atoms with van der Waals surface area (Å²) in [6.45, 7) is 14.4. The Labute approximate surface area is 201 Å². The van der Waals surface area contributed by atoms with E-state index >= 15 is 0 Å². The molecule has 32 heavy (non-hydrogen) atoms. The number of aromatic nitrogens is 2. The molecule has 0 aliphatic rings. The predicted octanol–water partition coefficient (Wildman–Crippen LogP) is 5.53. The molecule has 1 amide bonds. The second-order valence-corrected chi connectivity index (χ2v) is 7.39. The summed E-state index contributed by atoms with van der Waals surface area (Å²) < 4.78 is 0. The number of benzene rings is 1.